The molecule has 0 bridgehead atoms. The van der Waals surface area contributed by atoms with E-state index in [4.69, 9.17) is 32.9 Å². The van der Waals surface area contributed by atoms with Gasteiger partial charge < -0.3 is 26.0 Å². The van der Waals surface area contributed by atoms with E-state index in [2.05, 4.69) is 4.74 Å². The highest BCUT2D eigenvalue weighted by molar-refractivity contribution is 6.34. The molecule has 3 aromatic carbocycles. The second-order valence-corrected chi connectivity index (χ2v) is 8.31. The lowest BCUT2D eigenvalue weighted by Crippen LogP contribution is -2.39. The van der Waals surface area contributed by atoms with Crippen LogP contribution in [0.3, 0.4) is 0 Å². The summed E-state index contributed by atoms with van der Waals surface area (Å²) < 4.78 is 68.2. The van der Waals surface area contributed by atoms with Crippen molar-refractivity contribution in [3.05, 3.63) is 81.9 Å². The van der Waals surface area contributed by atoms with Gasteiger partial charge >= 0.3 is 6.11 Å². The Bertz CT molecular complexity index is 1310. The number of rotatable bonds is 7. The number of halogens is 5. The zero-order chi connectivity index (χ0) is 25.5. The van der Waals surface area contributed by atoms with Gasteiger partial charge in [-0.15, -0.1) is 0 Å². The third-order valence-corrected chi connectivity index (χ3v) is 6.12. The average molecular weight is 511 g/mol. The van der Waals surface area contributed by atoms with Gasteiger partial charge in [-0.2, -0.15) is 8.78 Å². The molecule has 0 unspecified atom stereocenters. The predicted molar refractivity (Wildman–Crippen MR) is 119 cm³/mol. The first-order chi connectivity index (χ1) is 16.5. The molecule has 1 aliphatic rings. The molecule has 0 saturated carbocycles. The number of carbonyl (C=O) groups is 1. The Kier molecular flexibility index (Phi) is 6.39. The number of amides is 1. The molecular weight excluding hydrogens is 492 g/mol. The summed E-state index contributed by atoms with van der Waals surface area (Å²) in [5, 5.41) is 8.22. The van der Waals surface area contributed by atoms with Crippen LogP contribution in [0.5, 0.6) is 11.5 Å². The van der Waals surface area contributed by atoms with Gasteiger partial charge in [-0.3, -0.25) is 4.79 Å². The maximum absolute atomic E-state index is 15.6. The lowest BCUT2D eigenvalue weighted by atomic mass is 9.85. The van der Waals surface area contributed by atoms with E-state index in [0.29, 0.717) is 5.56 Å². The fourth-order valence-corrected chi connectivity index (χ4v) is 4.38. The molecular formula is C24H19ClF4N2O4. The summed E-state index contributed by atoms with van der Waals surface area (Å²) in [5.74, 6) is -4.61. The van der Waals surface area contributed by atoms with Crippen LogP contribution in [0.15, 0.2) is 48.5 Å². The van der Waals surface area contributed by atoms with E-state index in [1.54, 1.807) is 30.3 Å². The van der Waals surface area contributed by atoms with Crippen LogP contribution in [0.25, 0.3) is 11.1 Å². The maximum atomic E-state index is 15.6. The first kappa shape index (κ1) is 24.8. The summed E-state index contributed by atoms with van der Waals surface area (Å²) in [6.45, 7) is -1.79. The largest absolute Gasteiger partial charge is 0.480 e. The zero-order valence-electron chi connectivity index (χ0n) is 18.0. The van der Waals surface area contributed by atoms with Crippen molar-refractivity contribution in [2.45, 2.75) is 18.1 Å². The number of hydrogen-bond donors (Lipinski definition) is 3. The fraction of sp³-hybridized carbons (Fsp3) is 0.208. The van der Waals surface area contributed by atoms with Gasteiger partial charge in [0.25, 0.3) is 0 Å². The van der Waals surface area contributed by atoms with Gasteiger partial charge in [-0.05, 0) is 17.7 Å². The highest BCUT2D eigenvalue weighted by atomic mass is 35.5. The van der Waals surface area contributed by atoms with E-state index < -0.39 is 57.8 Å². The summed E-state index contributed by atoms with van der Waals surface area (Å²) in [7, 11) is 0. The van der Waals surface area contributed by atoms with E-state index in [1.165, 1.54) is 0 Å². The number of nitrogens with two attached hydrogens (primary N) is 2. The molecule has 4 rings (SSSR count). The number of aliphatic hydroxyl groups excluding tert-OH is 1. The minimum Gasteiger partial charge on any atom is -0.480 e. The lowest BCUT2D eigenvalue weighted by molar-refractivity contribution is -0.202. The third kappa shape index (κ3) is 4.29. The Labute approximate surface area is 202 Å². The first-order valence-electron chi connectivity index (χ1n) is 10.3. The normalized spacial score (nSPS) is 17.1. The smallest absolute Gasteiger partial charge is 0.421 e. The number of benzene rings is 3. The van der Waals surface area contributed by atoms with Crippen LogP contribution in [-0.4, -0.2) is 30.3 Å². The third-order valence-electron chi connectivity index (χ3n) is 5.75. The molecule has 0 radical (unpaired) electrons. The molecule has 11 heteroatoms. The van der Waals surface area contributed by atoms with E-state index in [0.717, 1.165) is 18.2 Å². The maximum Gasteiger partial charge on any atom is 0.421 e. The molecule has 0 aliphatic carbocycles. The minimum atomic E-state index is -4.13. The van der Waals surface area contributed by atoms with E-state index in [-0.39, 0.29) is 29.8 Å². The number of fused-ring (bicyclic) bond motifs is 1. The Hall–Kier alpha value is -3.34. The van der Waals surface area contributed by atoms with Crippen LogP contribution in [-0.2, 0) is 12.0 Å². The van der Waals surface area contributed by atoms with Crippen LogP contribution in [0.2, 0.25) is 5.02 Å². The van der Waals surface area contributed by atoms with Gasteiger partial charge in [-0.25, -0.2) is 8.78 Å². The van der Waals surface area contributed by atoms with Crippen molar-refractivity contribution >= 4 is 17.5 Å². The minimum absolute atomic E-state index is 0.00624. The van der Waals surface area contributed by atoms with Crippen molar-refractivity contribution < 1.29 is 36.9 Å². The highest BCUT2D eigenvalue weighted by Crippen LogP contribution is 2.50. The van der Waals surface area contributed by atoms with Crippen molar-refractivity contribution in [1.29, 1.82) is 0 Å². The average Bonchev–Trinajstić information content (AvgIpc) is 3.21. The number of primary amides is 1. The van der Waals surface area contributed by atoms with Crippen molar-refractivity contribution in [3.63, 3.8) is 0 Å². The summed E-state index contributed by atoms with van der Waals surface area (Å²) in [4.78, 5) is 12.1. The van der Waals surface area contributed by atoms with Crippen molar-refractivity contribution in [3.8, 4) is 22.6 Å². The van der Waals surface area contributed by atoms with Gasteiger partial charge in [0.2, 0.25) is 5.91 Å². The van der Waals surface area contributed by atoms with Crippen molar-refractivity contribution in [1.82, 2.24) is 0 Å². The monoisotopic (exact) mass is 510 g/mol. The molecule has 1 heterocycles. The zero-order valence-corrected chi connectivity index (χ0v) is 18.7. The number of hydrogen-bond acceptors (Lipinski definition) is 5. The second-order valence-electron chi connectivity index (χ2n) is 7.93. The molecule has 3 aromatic rings. The fourth-order valence-electron chi connectivity index (χ4n) is 4.11. The highest BCUT2D eigenvalue weighted by Gasteiger charge is 2.43. The number of alkyl halides is 2. The van der Waals surface area contributed by atoms with Crippen LogP contribution < -0.4 is 20.9 Å². The topological polar surface area (TPSA) is 108 Å². The summed E-state index contributed by atoms with van der Waals surface area (Å²) in [5.41, 5.74) is 9.70. The van der Waals surface area contributed by atoms with E-state index >= 15 is 4.39 Å². The predicted octanol–water partition coefficient (Wildman–Crippen LogP) is 4.14. The van der Waals surface area contributed by atoms with Crippen LogP contribution >= 0.6 is 11.6 Å². The summed E-state index contributed by atoms with van der Waals surface area (Å²) in [6.07, 6.45) is -4.14. The Morgan fingerprint density at radius 2 is 1.86 bits per heavy atom. The van der Waals surface area contributed by atoms with Crippen LogP contribution in [0.1, 0.15) is 21.5 Å². The molecule has 0 fully saturated rings. The second kappa shape index (κ2) is 9.03. The molecule has 5 N–H and O–H groups in total. The Morgan fingerprint density at radius 3 is 2.46 bits per heavy atom. The first-order valence-corrected chi connectivity index (χ1v) is 10.7. The summed E-state index contributed by atoms with van der Waals surface area (Å²) >= 11 is 6.25. The van der Waals surface area contributed by atoms with Gasteiger partial charge in [0, 0.05) is 35.7 Å². The molecule has 1 atom stereocenters. The quantitative estimate of drug-likeness (QED) is 0.414. The molecule has 0 spiro atoms. The number of ether oxygens (including phenoxy) is 2. The number of carbonyl (C=O) groups excluding carboxylic acids is 1. The molecule has 35 heavy (non-hydrogen) atoms. The Morgan fingerprint density at radius 1 is 1.17 bits per heavy atom. The SMILES string of the molecule is NC[C@@]1(c2ccccc2)Cc2c(cc(F)c(Cl)c2-c2c(C(N)=O)ccc(OC(F)(F)CO)c2F)O1. The van der Waals surface area contributed by atoms with Crippen LogP contribution in [0, 0.1) is 11.6 Å². The van der Waals surface area contributed by atoms with Gasteiger partial charge in [0.1, 0.15) is 18.2 Å². The number of aliphatic hydroxyl groups is 1. The molecule has 1 aliphatic heterocycles. The molecule has 0 aromatic heterocycles. The standard InChI is InChI=1S/C24H19ClF4N2O4/c25-20-15(26)8-17-14(9-23(10-30,34-17)12-4-2-1-3-5-12)18(20)19-13(22(31)33)6-7-16(21(19)27)35-24(28,29)11-32/h1-8,32H,9-11,30H2,(H2,31,33)/t23-/m1/s1. The molecule has 184 valence electrons. The van der Waals surface area contributed by atoms with Gasteiger partial charge in [0.15, 0.2) is 17.2 Å². The van der Waals surface area contributed by atoms with E-state index in [1.807, 2.05) is 0 Å². The van der Waals surface area contributed by atoms with E-state index in [9.17, 15) is 18.0 Å². The van der Waals surface area contributed by atoms with Crippen LogP contribution in [0.4, 0.5) is 17.6 Å². The molecule has 1 amide bonds. The van der Waals surface area contributed by atoms with Crippen molar-refractivity contribution in [2.24, 2.45) is 11.5 Å². The van der Waals surface area contributed by atoms with Gasteiger partial charge in [-0.1, -0.05) is 41.9 Å². The lowest BCUT2D eigenvalue weighted by Gasteiger charge is -2.27. The van der Waals surface area contributed by atoms with Crippen molar-refractivity contribution in [2.75, 3.05) is 13.2 Å². The molecule has 6 nitrogen and oxygen atoms in total. The molecule has 0 saturated heterocycles. The Balaban J connectivity index is 1.98. The van der Waals surface area contributed by atoms with Gasteiger partial charge in [0.05, 0.1) is 10.6 Å². The summed E-state index contributed by atoms with van der Waals surface area (Å²) in [6, 6.07) is 11.5.